The molecular formula is C19H24N4OS. The topological polar surface area (TPSA) is 66.9 Å². The molecule has 1 aromatic heterocycles. The Balaban J connectivity index is 1.42. The van der Waals surface area contributed by atoms with Crippen LogP contribution in [0, 0.1) is 6.92 Å². The van der Waals surface area contributed by atoms with Gasteiger partial charge in [0.05, 0.1) is 5.75 Å². The van der Waals surface area contributed by atoms with E-state index in [2.05, 4.69) is 52.0 Å². The second-order valence-electron chi connectivity index (χ2n) is 6.43. The zero-order valence-electron chi connectivity index (χ0n) is 14.5. The summed E-state index contributed by atoms with van der Waals surface area (Å²) in [6.07, 6.45) is 4.66. The van der Waals surface area contributed by atoms with Crippen molar-refractivity contribution in [1.29, 1.82) is 0 Å². The molecule has 2 aromatic rings. The van der Waals surface area contributed by atoms with Crippen molar-refractivity contribution in [3.05, 3.63) is 47.5 Å². The van der Waals surface area contributed by atoms with Gasteiger partial charge in [0.1, 0.15) is 10.8 Å². The van der Waals surface area contributed by atoms with Gasteiger partial charge in [-0.2, -0.15) is 0 Å². The molecule has 2 N–H and O–H groups in total. The van der Waals surface area contributed by atoms with Gasteiger partial charge in [-0.05, 0) is 37.5 Å². The molecule has 1 fully saturated rings. The Morgan fingerprint density at radius 3 is 2.56 bits per heavy atom. The van der Waals surface area contributed by atoms with Crippen LogP contribution in [0.4, 0.5) is 5.82 Å². The van der Waals surface area contributed by atoms with E-state index in [1.807, 2.05) is 12.1 Å². The molecule has 1 aliphatic carbocycles. The van der Waals surface area contributed by atoms with Crippen molar-refractivity contribution in [3.63, 3.8) is 0 Å². The summed E-state index contributed by atoms with van der Waals surface area (Å²) < 4.78 is 0. The lowest BCUT2D eigenvalue weighted by Gasteiger charge is -2.11. The Morgan fingerprint density at radius 2 is 1.88 bits per heavy atom. The third-order valence-electron chi connectivity index (χ3n) is 4.31. The smallest absolute Gasteiger partial charge is 0.230 e. The molecule has 1 aromatic carbocycles. The first kappa shape index (κ1) is 17.7. The van der Waals surface area contributed by atoms with E-state index < -0.39 is 0 Å². The summed E-state index contributed by atoms with van der Waals surface area (Å²) in [6.45, 7) is 2.79. The molecule has 0 aliphatic heterocycles. The van der Waals surface area contributed by atoms with Crippen molar-refractivity contribution >= 4 is 23.5 Å². The first-order valence-electron chi connectivity index (χ1n) is 8.74. The van der Waals surface area contributed by atoms with E-state index in [9.17, 15) is 4.79 Å². The van der Waals surface area contributed by atoms with Crippen LogP contribution in [-0.2, 0) is 11.3 Å². The highest BCUT2D eigenvalue weighted by Gasteiger charge is 2.17. The molecule has 1 heterocycles. The normalized spacial score (nSPS) is 14.4. The van der Waals surface area contributed by atoms with E-state index in [0.29, 0.717) is 18.3 Å². The Bertz CT molecular complexity index is 682. The van der Waals surface area contributed by atoms with E-state index in [-0.39, 0.29) is 5.91 Å². The SMILES string of the molecule is Cc1ccc(CNc2ccc(SCC(=O)NC3CCCC3)nn2)cc1. The Kier molecular flexibility index (Phi) is 6.28. The quantitative estimate of drug-likeness (QED) is 0.743. The summed E-state index contributed by atoms with van der Waals surface area (Å²) in [6, 6.07) is 12.6. The minimum atomic E-state index is 0.0836. The number of thioether (sulfide) groups is 1. The van der Waals surface area contributed by atoms with Crippen LogP contribution in [0.1, 0.15) is 36.8 Å². The van der Waals surface area contributed by atoms with Crippen LogP contribution in [-0.4, -0.2) is 27.9 Å². The molecule has 1 aliphatic rings. The number of hydrogen-bond acceptors (Lipinski definition) is 5. The van der Waals surface area contributed by atoms with Crippen molar-refractivity contribution in [1.82, 2.24) is 15.5 Å². The zero-order valence-corrected chi connectivity index (χ0v) is 15.3. The number of carbonyl (C=O) groups excluding carboxylic acids is 1. The van der Waals surface area contributed by atoms with Crippen LogP contribution in [0.3, 0.4) is 0 Å². The number of nitrogens with one attached hydrogen (secondary N) is 2. The highest BCUT2D eigenvalue weighted by atomic mass is 32.2. The van der Waals surface area contributed by atoms with Crippen molar-refractivity contribution < 1.29 is 4.79 Å². The standard InChI is InChI=1S/C19H24N4OS/c1-14-6-8-15(9-7-14)12-20-17-10-11-19(23-22-17)25-13-18(24)21-16-4-2-3-5-16/h6-11,16H,2-5,12-13H2,1H3,(H,20,22)(H,21,24). The van der Waals surface area contributed by atoms with Crippen LogP contribution in [0.15, 0.2) is 41.4 Å². The molecule has 6 heteroatoms. The molecule has 1 saturated carbocycles. The van der Waals surface area contributed by atoms with E-state index in [0.717, 1.165) is 23.7 Å². The molecule has 1 amide bonds. The van der Waals surface area contributed by atoms with E-state index in [1.165, 1.54) is 35.7 Å². The van der Waals surface area contributed by atoms with Crippen molar-refractivity contribution in [3.8, 4) is 0 Å². The van der Waals surface area contributed by atoms with Gasteiger partial charge in [-0.25, -0.2) is 0 Å². The molecule has 0 saturated heterocycles. The number of nitrogens with zero attached hydrogens (tertiary/aromatic N) is 2. The lowest BCUT2D eigenvalue weighted by molar-refractivity contribution is -0.119. The van der Waals surface area contributed by atoms with E-state index >= 15 is 0 Å². The summed E-state index contributed by atoms with van der Waals surface area (Å²) in [5.41, 5.74) is 2.45. The second kappa shape index (κ2) is 8.85. The number of hydrogen-bond donors (Lipinski definition) is 2. The molecular weight excluding hydrogens is 332 g/mol. The maximum absolute atomic E-state index is 11.9. The molecule has 0 unspecified atom stereocenters. The molecule has 0 radical (unpaired) electrons. The number of carbonyl (C=O) groups is 1. The average Bonchev–Trinajstić information content (AvgIpc) is 3.13. The summed E-state index contributed by atoms with van der Waals surface area (Å²) in [5.74, 6) is 1.21. The third-order valence-corrected chi connectivity index (χ3v) is 5.23. The van der Waals surface area contributed by atoms with Gasteiger partial charge in [0.15, 0.2) is 0 Å². The van der Waals surface area contributed by atoms with Gasteiger partial charge < -0.3 is 10.6 Å². The van der Waals surface area contributed by atoms with Gasteiger partial charge in [-0.1, -0.05) is 54.4 Å². The number of aromatic nitrogens is 2. The Labute approximate surface area is 153 Å². The summed E-state index contributed by atoms with van der Waals surface area (Å²) in [7, 11) is 0. The molecule has 25 heavy (non-hydrogen) atoms. The van der Waals surface area contributed by atoms with Gasteiger partial charge in [-0.3, -0.25) is 4.79 Å². The number of anilines is 1. The van der Waals surface area contributed by atoms with Crippen molar-refractivity contribution in [2.24, 2.45) is 0 Å². The first-order chi connectivity index (χ1) is 12.2. The van der Waals surface area contributed by atoms with Crippen LogP contribution in [0.2, 0.25) is 0 Å². The maximum atomic E-state index is 11.9. The fraction of sp³-hybridized carbons (Fsp3) is 0.421. The highest BCUT2D eigenvalue weighted by Crippen LogP contribution is 2.19. The average molecular weight is 356 g/mol. The third kappa shape index (κ3) is 5.74. The fourth-order valence-electron chi connectivity index (χ4n) is 2.87. The predicted molar refractivity (Wildman–Crippen MR) is 102 cm³/mol. The second-order valence-corrected chi connectivity index (χ2v) is 7.43. The van der Waals surface area contributed by atoms with Gasteiger partial charge in [0.25, 0.3) is 0 Å². The summed E-state index contributed by atoms with van der Waals surface area (Å²) >= 11 is 1.42. The van der Waals surface area contributed by atoms with Gasteiger partial charge in [0.2, 0.25) is 5.91 Å². The number of aryl methyl sites for hydroxylation is 1. The molecule has 0 spiro atoms. The van der Waals surface area contributed by atoms with Crippen LogP contribution in [0.5, 0.6) is 0 Å². The molecule has 3 rings (SSSR count). The van der Waals surface area contributed by atoms with Crippen LogP contribution < -0.4 is 10.6 Å². The number of benzene rings is 1. The highest BCUT2D eigenvalue weighted by molar-refractivity contribution is 7.99. The van der Waals surface area contributed by atoms with Gasteiger partial charge in [-0.15, -0.1) is 10.2 Å². The Morgan fingerprint density at radius 1 is 1.12 bits per heavy atom. The first-order valence-corrected chi connectivity index (χ1v) is 9.73. The van der Waals surface area contributed by atoms with Gasteiger partial charge >= 0.3 is 0 Å². The zero-order chi connectivity index (χ0) is 17.5. The lowest BCUT2D eigenvalue weighted by Crippen LogP contribution is -2.33. The van der Waals surface area contributed by atoms with Crippen molar-refractivity contribution in [2.75, 3.05) is 11.1 Å². The lowest BCUT2D eigenvalue weighted by atomic mass is 10.1. The Hall–Kier alpha value is -2.08. The number of rotatable bonds is 7. The molecule has 132 valence electrons. The monoisotopic (exact) mass is 356 g/mol. The minimum absolute atomic E-state index is 0.0836. The predicted octanol–water partition coefficient (Wildman–Crippen LogP) is 3.55. The molecule has 0 bridgehead atoms. The molecule has 5 nitrogen and oxygen atoms in total. The summed E-state index contributed by atoms with van der Waals surface area (Å²) in [5, 5.41) is 15.5. The van der Waals surface area contributed by atoms with E-state index in [4.69, 9.17) is 0 Å². The van der Waals surface area contributed by atoms with Gasteiger partial charge in [0, 0.05) is 12.6 Å². The fourth-order valence-corrected chi connectivity index (χ4v) is 3.49. The summed E-state index contributed by atoms with van der Waals surface area (Å²) in [4.78, 5) is 11.9. The molecule has 0 atom stereocenters. The largest absolute Gasteiger partial charge is 0.365 e. The maximum Gasteiger partial charge on any atom is 0.230 e. The minimum Gasteiger partial charge on any atom is -0.365 e. The number of amides is 1. The van der Waals surface area contributed by atoms with Crippen LogP contribution in [0.25, 0.3) is 0 Å². The van der Waals surface area contributed by atoms with Crippen LogP contribution >= 0.6 is 11.8 Å². The van der Waals surface area contributed by atoms with E-state index in [1.54, 1.807) is 0 Å². The van der Waals surface area contributed by atoms with Crippen molar-refractivity contribution in [2.45, 2.75) is 50.2 Å².